The number of nitrogens with one attached hydrogen (secondary N) is 2. The summed E-state index contributed by atoms with van der Waals surface area (Å²) in [6.45, 7) is 3.63. The Morgan fingerprint density at radius 2 is 2.04 bits per heavy atom. The Labute approximate surface area is 152 Å². The number of urea groups is 1. The van der Waals surface area contributed by atoms with Crippen molar-refractivity contribution in [1.29, 1.82) is 0 Å². The Morgan fingerprint density at radius 1 is 1.36 bits per heavy atom. The molecule has 25 heavy (non-hydrogen) atoms. The van der Waals surface area contributed by atoms with E-state index in [4.69, 9.17) is 23.2 Å². The number of carbonyl (C=O) groups is 2. The molecule has 7 nitrogen and oxygen atoms in total. The first-order valence-electron chi connectivity index (χ1n) is 7.10. The molecular formula is C15H13Cl2FN4O3. The summed E-state index contributed by atoms with van der Waals surface area (Å²) in [4.78, 5) is 28.3. The predicted octanol–water partition coefficient (Wildman–Crippen LogP) is 2.99. The number of anilines is 1. The topological polar surface area (TPSA) is 98.0 Å². The standard InChI is InChI=1S/C15H13Cl2FN4O3/c1-3-10-11(7(2)4-5-19-10)20-15(24)21-14(23)8-6-9(18)13(17)22(25)12(8)16/h4-6H,3H2,1-2H3,(H2,20,21,23,24). The molecule has 0 fully saturated rings. The van der Waals surface area contributed by atoms with Crippen molar-refractivity contribution in [3.63, 3.8) is 0 Å². The van der Waals surface area contributed by atoms with Crippen LogP contribution in [0.5, 0.6) is 0 Å². The number of imide groups is 1. The van der Waals surface area contributed by atoms with Crippen LogP contribution in [0.1, 0.15) is 28.5 Å². The van der Waals surface area contributed by atoms with Gasteiger partial charge in [0, 0.05) is 12.3 Å². The van der Waals surface area contributed by atoms with E-state index < -0.39 is 33.6 Å². The molecule has 2 aromatic heterocycles. The van der Waals surface area contributed by atoms with E-state index in [1.807, 2.05) is 12.2 Å². The number of rotatable bonds is 3. The lowest BCUT2D eigenvalue weighted by Crippen LogP contribution is -2.38. The van der Waals surface area contributed by atoms with Crippen LogP contribution in [0.3, 0.4) is 0 Å². The third-order valence-electron chi connectivity index (χ3n) is 3.33. The van der Waals surface area contributed by atoms with Crippen LogP contribution in [0.2, 0.25) is 10.3 Å². The van der Waals surface area contributed by atoms with Gasteiger partial charge in [-0.3, -0.25) is 15.1 Å². The molecule has 0 aliphatic heterocycles. The first-order chi connectivity index (χ1) is 11.8. The highest BCUT2D eigenvalue weighted by molar-refractivity contribution is 6.33. The van der Waals surface area contributed by atoms with Gasteiger partial charge < -0.3 is 10.5 Å². The van der Waals surface area contributed by atoms with Crippen molar-refractivity contribution in [1.82, 2.24) is 10.3 Å². The number of hydrogen-bond donors (Lipinski definition) is 2. The first kappa shape index (κ1) is 18.9. The number of aryl methyl sites for hydroxylation is 2. The van der Waals surface area contributed by atoms with Gasteiger partial charge in [0.1, 0.15) is 5.56 Å². The Hall–Kier alpha value is -2.45. The normalized spacial score (nSPS) is 10.4. The van der Waals surface area contributed by atoms with Crippen molar-refractivity contribution in [2.24, 2.45) is 0 Å². The van der Waals surface area contributed by atoms with Crippen molar-refractivity contribution >= 4 is 40.8 Å². The average Bonchev–Trinajstić information content (AvgIpc) is 2.57. The predicted molar refractivity (Wildman–Crippen MR) is 90.2 cm³/mol. The summed E-state index contributed by atoms with van der Waals surface area (Å²) in [5, 5.41) is 14.6. The summed E-state index contributed by atoms with van der Waals surface area (Å²) in [5.41, 5.74) is 1.33. The number of carbonyl (C=O) groups excluding carboxylic acids is 2. The number of pyridine rings is 2. The highest BCUT2D eigenvalue weighted by Crippen LogP contribution is 2.20. The Morgan fingerprint density at radius 3 is 2.68 bits per heavy atom. The lowest BCUT2D eigenvalue weighted by molar-refractivity contribution is -0.602. The maximum Gasteiger partial charge on any atom is 0.326 e. The van der Waals surface area contributed by atoms with Crippen molar-refractivity contribution in [2.45, 2.75) is 20.3 Å². The molecule has 0 spiro atoms. The number of halogens is 3. The molecular weight excluding hydrogens is 374 g/mol. The second-order valence-corrected chi connectivity index (χ2v) is 5.71. The molecule has 0 aliphatic carbocycles. The van der Waals surface area contributed by atoms with Crippen LogP contribution in [0.4, 0.5) is 14.9 Å². The van der Waals surface area contributed by atoms with Gasteiger partial charge in [-0.1, -0.05) is 6.92 Å². The SMILES string of the molecule is CCc1nccc(C)c1NC(=O)NC(=O)c1cc(F)c(Cl)[n+]([O-])c1Cl. The fourth-order valence-corrected chi connectivity index (χ4v) is 2.47. The van der Waals surface area contributed by atoms with Crippen LogP contribution < -0.4 is 15.4 Å². The fourth-order valence-electron chi connectivity index (χ4n) is 2.07. The molecule has 2 rings (SSSR count). The number of nitrogens with zero attached hydrogens (tertiary/aromatic N) is 2. The highest BCUT2D eigenvalue weighted by Gasteiger charge is 2.25. The van der Waals surface area contributed by atoms with Crippen LogP contribution in [-0.4, -0.2) is 16.9 Å². The van der Waals surface area contributed by atoms with Crippen molar-refractivity contribution in [2.75, 3.05) is 5.32 Å². The van der Waals surface area contributed by atoms with E-state index in [2.05, 4.69) is 10.3 Å². The van der Waals surface area contributed by atoms with Gasteiger partial charge in [-0.25, -0.2) is 4.79 Å². The summed E-state index contributed by atoms with van der Waals surface area (Å²) >= 11 is 11.1. The van der Waals surface area contributed by atoms with E-state index in [1.54, 1.807) is 19.2 Å². The van der Waals surface area contributed by atoms with Crippen LogP contribution in [0, 0.1) is 17.9 Å². The molecule has 2 aromatic rings. The molecule has 0 aliphatic rings. The molecule has 3 amide bonds. The molecule has 0 radical (unpaired) electrons. The van der Waals surface area contributed by atoms with E-state index in [1.165, 1.54) is 0 Å². The van der Waals surface area contributed by atoms with E-state index in [-0.39, 0.29) is 4.73 Å². The highest BCUT2D eigenvalue weighted by atomic mass is 35.5. The maximum absolute atomic E-state index is 13.5. The molecule has 0 saturated heterocycles. The van der Waals surface area contributed by atoms with E-state index in [0.29, 0.717) is 23.9 Å². The number of amides is 3. The van der Waals surface area contributed by atoms with Crippen molar-refractivity contribution in [3.05, 3.63) is 56.5 Å². The average molecular weight is 387 g/mol. The van der Waals surface area contributed by atoms with Gasteiger partial charge in [0.25, 0.3) is 5.91 Å². The fraction of sp³-hybridized carbons (Fsp3) is 0.200. The Bertz CT molecular complexity index is 861. The Kier molecular flexibility index (Phi) is 5.76. The minimum atomic E-state index is -1.14. The molecule has 0 atom stereocenters. The molecule has 2 N–H and O–H groups in total. The zero-order valence-electron chi connectivity index (χ0n) is 13.2. The number of aromatic nitrogens is 2. The Balaban J connectivity index is 2.21. The van der Waals surface area contributed by atoms with E-state index in [9.17, 15) is 19.2 Å². The van der Waals surface area contributed by atoms with Crippen LogP contribution in [-0.2, 0) is 6.42 Å². The van der Waals surface area contributed by atoms with Crippen LogP contribution in [0.25, 0.3) is 0 Å². The zero-order valence-corrected chi connectivity index (χ0v) is 14.7. The maximum atomic E-state index is 13.5. The van der Waals surface area contributed by atoms with Gasteiger partial charge >= 0.3 is 16.3 Å². The van der Waals surface area contributed by atoms with Gasteiger partial charge in [0.2, 0.25) is 5.82 Å². The van der Waals surface area contributed by atoms with Gasteiger partial charge in [0.15, 0.2) is 0 Å². The van der Waals surface area contributed by atoms with E-state index >= 15 is 0 Å². The van der Waals surface area contributed by atoms with Gasteiger partial charge in [-0.05, 0) is 48.2 Å². The lowest BCUT2D eigenvalue weighted by atomic mass is 10.1. The largest absolute Gasteiger partial charge is 0.616 e. The van der Waals surface area contributed by atoms with Crippen LogP contribution in [0.15, 0.2) is 18.3 Å². The second kappa shape index (κ2) is 7.62. The van der Waals surface area contributed by atoms with Gasteiger partial charge in [0.05, 0.1) is 11.4 Å². The third kappa shape index (κ3) is 3.97. The minimum Gasteiger partial charge on any atom is -0.616 e. The summed E-state index contributed by atoms with van der Waals surface area (Å²) in [6, 6.07) is 1.50. The third-order valence-corrected chi connectivity index (χ3v) is 4.02. The zero-order chi connectivity index (χ0) is 18.7. The lowest BCUT2D eigenvalue weighted by Gasteiger charge is -2.12. The first-order valence-corrected chi connectivity index (χ1v) is 7.85. The molecule has 0 aromatic carbocycles. The monoisotopic (exact) mass is 386 g/mol. The second-order valence-electron chi connectivity index (χ2n) is 4.99. The molecule has 132 valence electrons. The van der Waals surface area contributed by atoms with Crippen LogP contribution >= 0.6 is 23.2 Å². The summed E-state index contributed by atoms with van der Waals surface area (Å²) in [6.07, 6.45) is 2.17. The molecule has 0 bridgehead atoms. The molecule has 2 heterocycles. The van der Waals surface area contributed by atoms with Crippen molar-refractivity contribution < 1.29 is 18.7 Å². The summed E-state index contributed by atoms with van der Waals surface area (Å²) < 4.78 is 13.4. The molecule has 10 heteroatoms. The smallest absolute Gasteiger partial charge is 0.326 e. The number of hydrogen-bond acceptors (Lipinski definition) is 4. The minimum absolute atomic E-state index is 0.147. The molecule has 0 saturated carbocycles. The van der Waals surface area contributed by atoms with Gasteiger partial charge in [-0.15, -0.1) is 4.73 Å². The van der Waals surface area contributed by atoms with Crippen molar-refractivity contribution in [3.8, 4) is 0 Å². The van der Waals surface area contributed by atoms with Gasteiger partial charge in [-0.2, -0.15) is 4.39 Å². The van der Waals surface area contributed by atoms with E-state index in [0.717, 1.165) is 5.56 Å². The molecule has 0 unspecified atom stereocenters. The quantitative estimate of drug-likeness (QED) is 0.481. The summed E-state index contributed by atoms with van der Waals surface area (Å²) in [7, 11) is 0. The summed E-state index contributed by atoms with van der Waals surface area (Å²) in [5.74, 6) is -2.19.